The molecule has 1 aromatic carbocycles. The number of pyridine rings is 1. The summed E-state index contributed by atoms with van der Waals surface area (Å²) in [5, 5.41) is 0. The molecule has 0 aliphatic rings. The predicted octanol–water partition coefficient (Wildman–Crippen LogP) is 2.94. The van der Waals surface area contributed by atoms with Gasteiger partial charge in [-0.25, -0.2) is 4.98 Å². The first-order valence-electron chi connectivity index (χ1n) is 4.24. The van der Waals surface area contributed by atoms with Crippen LogP contribution in [0.15, 0.2) is 42.5 Å². The number of anilines is 1. The van der Waals surface area contributed by atoms with Crippen molar-refractivity contribution in [1.29, 1.82) is 0 Å². The van der Waals surface area contributed by atoms with Gasteiger partial charge in [0.15, 0.2) is 0 Å². The highest BCUT2D eigenvalue weighted by molar-refractivity contribution is 14.1. The van der Waals surface area contributed by atoms with E-state index in [1.807, 2.05) is 42.5 Å². The molecule has 0 spiro atoms. The Hall–Kier alpha value is -1.10. The van der Waals surface area contributed by atoms with Crippen molar-refractivity contribution in [2.45, 2.75) is 0 Å². The third-order valence-corrected chi connectivity index (χ3v) is 2.44. The summed E-state index contributed by atoms with van der Waals surface area (Å²) >= 11 is 2.17. The molecular weight excluding hydrogens is 287 g/mol. The predicted molar refractivity (Wildman–Crippen MR) is 66.8 cm³/mol. The number of nitrogens with two attached hydrogens (primary N) is 1. The lowest BCUT2D eigenvalue weighted by atomic mass is 10.1. The van der Waals surface area contributed by atoms with Gasteiger partial charge in [-0.05, 0) is 34.7 Å². The van der Waals surface area contributed by atoms with E-state index < -0.39 is 0 Å². The van der Waals surface area contributed by atoms with E-state index in [2.05, 4.69) is 27.6 Å². The Balaban J connectivity index is 2.52. The molecular formula is C11H9IN2. The van der Waals surface area contributed by atoms with Crippen LogP contribution in [-0.2, 0) is 0 Å². The molecule has 0 amide bonds. The molecule has 2 aromatic rings. The van der Waals surface area contributed by atoms with Crippen molar-refractivity contribution in [2.24, 2.45) is 0 Å². The maximum absolute atomic E-state index is 5.75. The Morgan fingerprint density at radius 2 is 1.79 bits per heavy atom. The second-order valence-corrected chi connectivity index (χ2v) is 4.08. The SMILES string of the molecule is Nc1cc(I)nc(-c2ccccc2)c1. The topological polar surface area (TPSA) is 38.9 Å². The number of nitrogens with zero attached hydrogens (tertiary/aromatic N) is 1. The van der Waals surface area contributed by atoms with Crippen LogP contribution in [0, 0.1) is 3.70 Å². The van der Waals surface area contributed by atoms with Gasteiger partial charge in [0.2, 0.25) is 0 Å². The molecule has 0 fully saturated rings. The lowest BCUT2D eigenvalue weighted by Gasteiger charge is -2.02. The van der Waals surface area contributed by atoms with Crippen molar-refractivity contribution in [3.8, 4) is 11.3 Å². The van der Waals surface area contributed by atoms with Gasteiger partial charge in [0.05, 0.1) is 5.69 Å². The largest absolute Gasteiger partial charge is 0.399 e. The fraction of sp³-hybridized carbons (Fsp3) is 0. The summed E-state index contributed by atoms with van der Waals surface area (Å²) < 4.78 is 0.918. The molecule has 0 atom stereocenters. The number of aromatic nitrogens is 1. The highest BCUT2D eigenvalue weighted by atomic mass is 127. The standard InChI is InChI=1S/C11H9IN2/c12-11-7-9(13)6-10(14-11)8-4-2-1-3-5-8/h1-7H,(H2,13,14). The zero-order chi connectivity index (χ0) is 9.97. The van der Waals surface area contributed by atoms with Crippen molar-refractivity contribution >= 4 is 28.3 Å². The first-order chi connectivity index (χ1) is 6.75. The summed E-state index contributed by atoms with van der Waals surface area (Å²) in [6, 6.07) is 13.8. The minimum atomic E-state index is 0.753. The highest BCUT2D eigenvalue weighted by Crippen LogP contribution is 2.20. The maximum Gasteiger partial charge on any atom is 0.104 e. The molecule has 0 unspecified atom stereocenters. The van der Waals surface area contributed by atoms with E-state index in [0.29, 0.717) is 0 Å². The molecule has 2 nitrogen and oxygen atoms in total. The fourth-order valence-corrected chi connectivity index (χ4v) is 1.89. The zero-order valence-corrected chi connectivity index (χ0v) is 9.60. The molecule has 0 saturated heterocycles. The van der Waals surface area contributed by atoms with E-state index in [4.69, 9.17) is 5.73 Å². The third-order valence-electron chi connectivity index (χ3n) is 1.89. The summed E-state index contributed by atoms with van der Waals surface area (Å²) in [4.78, 5) is 4.41. The maximum atomic E-state index is 5.75. The van der Waals surface area contributed by atoms with Crippen LogP contribution in [0.5, 0.6) is 0 Å². The van der Waals surface area contributed by atoms with Crippen LogP contribution in [0.3, 0.4) is 0 Å². The number of benzene rings is 1. The molecule has 2 rings (SSSR count). The van der Waals surface area contributed by atoms with E-state index in [9.17, 15) is 0 Å². The van der Waals surface area contributed by atoms with Crippen molar-refractivity contribution in [3.05, 3.63) is 46.2 Å². The van der Waals surface area contributed by atoms with Gasteiger partial charge in [-0.3, -0.25) is 0 Å². The molecule has 70 valence electrons. The Morgan fingerprint density at radius 1 is 1.07 bits per heavy atom. The van der Waals surface area contributed by atoms with Gasteiger partial charge in [-0.15, -0.1) is 0 Å². The molecule has 0 bridgehead atoms. The second-order valence-electron chi connectivity index (χ2n) is 2.97. The average Bonchev–Trinajstić information content (AvgIpc) is 2.18. The van der Waals surface area contributed by atoms with Gasteiger partial charge in [-0.2, -0.15) is 0 Å². The molecule has 0 saturated carbocycles. The fourth-order valence-electron chi connectivity index (χ4n) is 1.27. The number of nitrogen functional groups attached to an aromatic ring is 1. The van der Waals surface area contributed by atoms with E-state index in [-0.39, 0.29) is 0 Å². The van der Waals surface area contributed by atoms with Crippen LogP contribution in [-0.4, -0.2) is 4.98 Å². The Labute approximate surface area is 96.3 Å². The first kappa shape index (κ1) is 9.45. The minimum absolute atomic E-state index is 0.753. The van der Waals surface area contributed by atoms with Crippen molar-refractivity contribution in [2.75, 3.05) is 5.73 Å². The van der Waals surface area contributed by atoms with E-state index in [1.54, 1.807) is 0 Å². The van der Waals surface area contributed by atoms with Crippen LogP contribution in [0.2, 0.25) is 0 Å². The molecule has 2 N–H and O–H groups in total. The van der Waals surface area contributed by atoms with Gasteiger partial charge in [-0.1, -0.05) is 30.3 Å². The minimum Gasteiger partial charge on any atom is -0.399 e. The second kappa shape index (κ2) is 3.96. The summed E-state index contributed by atoms with van der Waals surface area (Å²) in [6.45, 7) is 0. The van der Waals surface area contributed by atoms with Crippen LogP contribution in [0.1, 0.15) is 0 Å². The average molecular weight is 296 g/mol. The lowest BCUT2D eigenvalue weighted by molar-refractivity contribution is 1.28. The summed E-state index contributed by atoms with van der Waals surface area (Å²) in [5.41, 5.74) is 8.53. The number of rotatable bonds is 1. The number of halogens is 1. The van der Waals surface area contributed by atoms with Crippen molar-refractivity contribution in [1.82, 2.24) is 4.98 Å². The van der Waals surface area contributed by atoms with Crippen LogP contribution >= 0.6 is 22.6 Å². The Morgan fingerprint density at radius 3 is 2.43 bits per heavy atom. The van der Waals surface area contributed by atoms with Crippen LogP contribution in [0.4, 0.5) is 5.69 Å². The molecule has 3 heteroatoms. The van der Waals surface area contributed by atoms with E-state index >= 15 is 0 Å². The quantitative estimate of drug-likeness (QED) is 0.649. The first-order valence-corrected chi connectivity index (χ1v) is 5.32. The lowest BCUT2D eigenvalue weighted by Crippen LogP contribution is -1.91. The van der Waals surface area contributed by atoms with Gasteiger partial charge < -0.3 is 5.73 Å². The van der Waals surface area contributed by atoms with Gasteiger partial charge >= 0.3 is 0 Å². The third kappa shape index (κ3) is 2.04. The molecule has 0 aliphatic carbocycles. The normalized spacial score (nSPS) is 10.1. The molecule has 1 aromatic heterocycles. The molecule has 1 heterocycles. The smallest absolute Gasteiger partial charge is 0.104 e. The zero-order valence-electron chi connectivity index (χ0n) is 7.44. The Kier molecular flexibility index (Phi) is 2.67. The number of hydrogen-bond donors (Lipinski definition) is 1. The summed E-state index contributed by atoms with van der Waals surface area (Å²) in [7, 11) is 0. The molecule has 0 aliphatic heterocycles. The van der Waals surface area contributed by atoms with Crippen molar-refractivity contribution in [3.63, 3.8) is 0 Å². The van der Waals surface area contributed by atoms with Gasteiger partial charge in [0.1, 0.15) is 3.70 Å². The van der Waals surface area contributed by atoms with E-state index in [0.717, 1.165) is 20.6 Å². The number of hydrogen-bond acceptors (Lipinski definition) is 2. The van der Waals surface area contributed by atoms with Gasteiger partial charge in [0.25, 0.3) is 0 Å². The monoisotopic (exact) mass is 296 g/mol. The molecule has 0 radical (unpaired) electrons. The van der Waals surface area contributed by atoms with Gasteiger partial charge in [0, 0.05) is 11.3 Å². The van der Waals surface area contributed by atoms with E-state index in [1.165, 1.54) is 0 Å². The Bertz CT molecular complexity index is 420. The highest BCUT2D eigenvalue weighted by Gasteiger charge is 2.00. The molecule has 14 heavy (non-hydrogen) atoms. The van der Waals surface area contributed by atoms with Crippen molar-refractivity contribution < 1.29 is 0 Å². The van der Waals surface area contributed by atoms with Crippen LogP contribution < -0.4 is 5.73 Å². The van der Waals surface area contributed by atoms with Crippen LogP contribution in [0.25, 0.3) is 11.3 Å². The summed E-state index contributed by atoms with van der Waals surface area (Å²) in [6.07, 6.45) is 0. The summed E-state index contributed by atoms with van der Waals surface area (Å²) in [5.74, 6) is 0.